The lowest BCUT2D eigenvalue weighted by atomic mass is 10.2. The number of ether oxygens (including phenoxy) is 1. The number of hydrazine groups is 1. The molecule has 11 heteroatoms. The molecule has 2 amide bonds. The number of halogens is 1. The molecule has 0 saturated heterocycles. The molecule has 0 saturated carbocycles. The Hall–Kier alpha value is -2.82. The zero-order chi connectivity index (χ0) is 20.9. The van der Waals surface area contributed by atoms with Gasteiger partial charge in [-0.15, -0.1) is 0 Å². The van der Waals surface area contributed by atoms with Crippen molar-refractivity contribution in [2.24, 2.45) is 0 Å². The standard InChI is InChI=1S/C17H18ClN3O6S/c1-10(21-28(25,26)13-6-4-12(27-2)5-7-13)16(23)19-20-17(24)14-9-11(18)3-8-15(14)22/h3-10,21-22H,1-2H3,(H,19,23)(H,20,24)/t10-/m0/s1. The molecular formula is C17H18ClN3O6S. The summed E-state index contributed by atoms with van der Waals surface area (Å²) in [6.45, 7) is 1.30. The zero-order valence-electron chi connectivity index (χ0n) is 14.9. The van der Waals surface area contributed by atoms with E-state index in [4.69, 9.17) is 16.3 Å². The van der Waals surface area contributed by atoms with Crippen LogP contribution in [0.5, 0.6) is 11.5 Å². The maximum Gasteiger partial charge on any atom is 0.273 e. The van der Waals surface area contributed by atoms with Crippen LogP contribution in [0.15, 0.2) is 47.4 Å². The first kappa shape index (κ1) is 21.5. The second kappa shape index (κ2) is 8.91. The molecule has 0 spiro atoms. The Morgan fingerprint density at radius 2 is 1.75 bits per heavy atom. The SMILES string of the molecule is COc1ccc(S(=O)(=O)N[C@@H](C)C(=O)NNC(=O)c2cc(Cl)ccc2O)cc1. The Bertz CT molecular complexity index is 979. The molecule has 2 rings (SSSR count). The minimum atomic E-state index is -3.97. The summed E-state index contributed by atoms with van der Waals surface area (Å²) in [6, 6.07) is 8.24. The van der Waals surface area contributed by atoms with Gasteiger partial charge in [0.2, 0.25) is 10.0 Å². The van der Waals surface area contributed by atoms with Gasteiger partial charge in [-0.3, -0.25) is 20.4 Å². The highest BCUT2D eigenvalue weighted by Gasteiger charge is 2.23. The highest BCUT2D eigenvalue weighted by atomic mass is 35.5. The first-order valence-corrected chi connectivity index (χ1v) is 9.75. The summed E-state index contributed by atoms with van der Waals surface area (Å²) in [5.41, 5.74) is 4.01. The molecule has 0 aliphatic heterocycles. The van der Waals surface area contributed by atoms with Gasteiger partial charge in [-0.25, -0.2) is 8.42 Å². The van der Waals surface area contributed by atoms with Gasteiger partial charge in [0.1, 0.15) is 11.5 Å². The van der Waals surface area contributed by atoms with Crippen molar-refractivity contribution in [1.82, 2.24) is 15.6 Å². The zero-order valence-corrected chi connectivity index (χ0v) is 16.5. The van der Waals surface area contributed by atoms with Gasteiger partial charge in [-0.05, 0) is 49.4 Å². The largest absolute Gasteiger partial charge is 0.507 e. The van der Waals surface area contributed by atoms with Crippen LogP contribution in [0, 0.1) is 0 Å². The lowest BCUT2D eigenvalue weighted by Crippen LogP contribution is -2.51. The Morgan fingerprint density at radius 3 is 2.36 bits per heavy atom. The molecule has 0 bridgehead atoms. The number of amides is 2. The molecule has 0 radical (unpaired) electrons. The lowest BCUT2D eigenvalue weighted by molar-refractivity contribution is -0.123. The Kier molecular flexibility index (Phi) is 6.84. The van der Waals surface area contributed by atoms with Crippen LogP contribution in [0.3, 0.4) is 0 Å². The number of benzene rings is 2. The van der Waals surface area contributed by atoms with E-state index in [0.29, 0.717) is 5.75 Å². The van der Waals surface area contributed by atoms with E-state index in [-0.39, 0.29) is 21.2 Å². The summed E-state index contributed by atoms with van der Waals surface area (Å²) in [4.78, 5) is 24.0. The van der Waals surface area contributed by atoms with Gasteiger partial charge in [-0.2, -0.15) is 4.72 Å². The number of nitrogens with one attached hydrogen (secondary N) is 3. The van der Waals surface area contributed by atoms with Gasteiger partial charge in [0, 0.05) is 5.02 Å². The van der Waals surface area contributed by atoms with Gasteiger partial charge in [0.05, 0.1) is 23.6 Å². The first-order chi connectivity index (χ1) is 13.1. The summed E-state index contributed by atoms with van der Waals surface area (Å²) in [7, 11) is -2.52. The van der Waals surface area contributed by atoms with Gasteiger partial charge in [-0.1, -0.05) is 11.6 Å². The molecule has 0 aliphatic carbocycles. The number of rotatable bonds is 6. The van der Waals surface area contributed by atoms with Crippen molar-refractivity contribution >= 4 is 33.4 Å². The molecule has 2 aromatic carbocycles. The third-order valence-corrected chi connectivity index (χ3v) is 5.39. The fourth-order valence-corrected chi connectivity index (χ4v) is 3.47. The molecule has 2 aromatic rings. The summed E-state index contributed by atoms with van der Waals surface area (Å²) in [6.07, 6.45) is 0. The molecule has 0 heterocycles. The smallest absolute Gasteiger partial charge is 0.273 e. The number of hydrogen-bond donors (Lipinski definition) is 4. The number of phenols is 1. The van der Waals surface area contributed by atoms with Crippen molar-refractivity contribution in [3.8, 4) is 11.5 Å². The third kappa shape index (κ3) is 5.35. The monoisotopic (exact) mass is 427 g/mol. The van der Waals surface area contributed by atoms with Crippen LogP contribution in [-0.2, 0) is 14.8 Å². The van der Waals surface area contributed by atoms with Crippen LogP contribution in [0.25, 0.3) is 0 Å². The van der Waals surface area contributed by atoms with Crippen molar-refractivity contribution in [3.05, 3.63) is 53.1 Å². The van der Waals surface area contributed by atoms with Crippen molar-refractivity contribution < 1.29 is 27.9 Å². The maximum absolute atomic E-state index is 12.3. The van der Waals surface area contributed by atoms with E-state index in [9.17, 15) is 23.1 Å². The molecule has 9 nitrogen and oxygen atoms in total. The number of aromatic hydroxyl groups is 1. The summed E-state index contributed by atoms with van der Waals surface area (Å²) in [5, 5.41) is 9.88. The number of carbonyl (C=O) groups excluding carboxylic acids is 2. The number of hydrogen-bond acceptors (Lipinski definition) is 6. The summed E-state index contributed by atoms with van der Waals surface area (Å²) < 4.78 is 31.8. The van der Waals surface area contributed by atoms with Crippen molar-refractivity contribution in [1.29, 1.82) is 0 Å². The average molecular weight is 428 g/mol. The van der Waals surface area contributed by atoms with E-state index in [1.807, 2.05) is 0 Å². The Morgan fingerprint density at radius 1 is 1.11 bits per heavy atom. The van der Waals surface area contributed by atoms with Crippen LogP contribution in [0.2, 0.25) is 5.02 Å². The quantitative estimate of drug-likeness (QED) is 0.511. The predicted molar refractivity (Wildman–Crippen MR) is 102 cm³/mol. The highest BCUT2D eigenvalue weighted by molar-refractivity contribution is 7.89. The average Bonchev–Trinajstić information content (AvgIpc) is 2.67. The lowest BCUT2D eigenvalue weighted by Gasteiger charge is -2.15. The van der Waals surface area contributed by atoms with Gasteiger partial charge < -0.3 is 9.84 Å². The van der Waals surface area contributed by atoms with E-state index >= 15 is 0 Å². The normalized spacial score (nSPS) is 12.1. The molecule has 0 aliphatic rings. The second-order valence-corrected chi connectivity index (χ2v) is 7.77. The fraction of sp³-hybridized carbons (Fsp3) is 0.176. The molecule has 0 aromatic heterocycles. The topological polar surface area (TPSA) is 134 Å². The number of carbonyl (C=O) groups is 2. The van der Waals surface area contributed by atoms with Crippen molar-refractivity contribution in [3.63, 3.8) is 0 Å². The van der Waals surface area contributed by atoms with Gasteiger partial charge >= 0.3 is 0 Å². The molecule has 4 N–H and O–H groups in total. The molecule has 0 unspecified atom stereocenters. The summed E-state index contributed by atoms with van der Waals surface area (Å²) in [5.74, 6) is -1.48. The van der Waals surface area contributed by atoms with Crippen molar-refractivity contribution in [2.75, 3.05) is 7.11 Å². The minimum Gasteiger partial charge on any atom is -0.507 e. The van der Waals surface area contributed by atoms with E-state index in [0.717, 1.165) is 0 Å². The van der Waals surface area contributed by atoms with Gasteiger partial charge in [0.15, 0.2) is 0 Å². The van der Waals surface area contributed by atoms with E-state index in [1.165, 1.54) is 56.5 Å². The van der Waals surface area contributed by atoms with Crippen LogP contribution in [-0.4, -0.2) is 38.5 Å². The molecule has 28 heavy (non-hydrogen) atoms. The highest BCUT2D eigenvalue weighted by Crippen LogP contribution is 2.21. The van der Waals surface area contributed by atoms with Crippen LogP contribution in [0.4, 0.5) is 0 Å². The maximum atomic E-state index is 12.3. The van der Waals surface area contributed by atoms with Crippen LogP contribution < -0.4 is 20.3 Å². The molecular weight excluding hydrogens is 410 g/mol. The first-order valence-electron chi connectivity index (χ1n) is 7.89. The van der Waals surface area contributed by atoms with Crippen molar-refractivity contribution in [2.45, 2.75) is 17.9 Å². The molecule has 1 atom stereocenters. The molecule has 150 valence electrons. The van der Waals surface area contributed by atoms with E-state index in [2.05, 4.69) is 15.6 Å². The van der Waals surface area contributed by atoms with E-state index in [1.54, 1.807) is 0 Å². The number of phenolic OH excluding ortho intramolecular Hbond substituents is 1. The Balaban J connectivity index is 1.98. The van der Waals surface area contributed by atoms with Crippen LogP contribution in [0.1, 0.15) is 17.3 Å². The number of methoxy groups -OCH3 is 1. The number of sulfonamides is 1. The summed E-state index contributed by atoms with van der Waals surface area (Å²) >= 11 is 5.76. The van der Waals surface area contributed by atoms with Gasteiger partial charge in [0.25, 0.3) is 11.8 Å². The predicted octanol–water partition coefficient (Wildman–Crippen LogP) is 1.18. The molecule has 0 fully saturated rings. The fourth-order valence-electron chi connectivity index (χ4n) is 2.09. The van der Waals surface area contributed by atoms with E-state index < -0.39 is 27.9 Å². The second-order valence-electron chi connectivity index (χ2n) is 5.62. The Labute approximate surface area is 166 Å². The third-order valence-electron chi connectivity index (χ3n) is 3.60. The minimum absolute atomic E-state index is 0.0548. The van der Waals surface area contributed by atoms with Crippen LogP contribution >= 0.6 is 11.6 Å².